The van der Waals surface area contributed by atoms with Crippen LogP contribution in [-0.4, -0.2) is 46.9 Å². The predicted molar refractivity (Wildman–Crippen MR) is 86.9 cm³/mol. The summed E-state index contributed by atoms with van der Waals surface area (Å²) in [6.45, 7) is 2.28. The van der Waals surface area contributed by atoms with E-state index in [9.17, 15) is 18.0 Å². The van der Waals surface area contributed by atoms with E-state index in [0.717, 1.165) is 6.07 Å². The molecule has 4 nitrogen and oxygen atoms in total. The van der Waals surface area contributed by atoms with E-state index in [1.165, 1.54) is 18.3 Å². The molecule has 0 spiro atoms. The maximum Gasteiger partial charge on any atom is 0.416 e. The normalized spacial score (nSPS) is 16.0. The van der Waals surface area contributed by atoms with Crippen LogP contribution in [0.5, 0.6) is 0 Å². The maximum absolute atomic E-state index is 13.1. The number of nitrogens with zero attached hydrogens (tertiary/aromatic N) is 3. The van der Waals surface area contributed by atoms with Gasteiger partial charge in [-0.3, -0.25) is 14.7 Å². The number of hydrogen-bond acceptors (Lipinski definition) is 3. The zero-order valence-corrected chi connectivity index (χ0v) is 13.5. The highest BCUT2D eigenvalue weighted by Gasteiger charge is 2.33. The summed E-state index contributed by atoms with van der Waals surface area (Å²) in [5, 5.41) is 0. The summed E-state index contributed by atoms with van der Waals surface area (Å²) in [5.41, 5.74) is 0.198. The highest BCUT2D eigenvalue weighted by molar-refractivity contribution is 5.93. The van der Waals surface area contributed by atoms with Gasteiger partial charge in [-0.05, 0) is 23.8 Å². The van der Waals surface area contributed by atoms with Crippen LogP contribution in [0.4, 0.5) is 13.2 Å². The number of hydrogen-bond donors (Lipinski definition) is 0. The van der Waals surface area contributed by atoms with Crippen LogP contribution in [0.2, 0.25) is 0 Å². The van der Waals surface area contributed by atoms with E-state index in [4.69, 9.17) is 0 Å². The molecule has 0 radical (unpaired) electrons. The van der Waals surface area contributed by atoms with Gasteiger partial charge in [0.25, 0.3) is 5.91 Å². The lowest BCUT2D eigenvalue weighted by molar-refractivity contribution is -0.138. The number of rotatable bonds is 3. The first kappa shape index (κ1) is 17.4. The maximum atomic E-state index is 13.1. The van der Waals surface area contributed by atoms with Gasteiger partial charge in [-0.1, -0.05) is 18.2 Å². The monoisotopic (exact) mass is 349 g/mol. The number of aromatic nitrogens is 1. The van der Waals surface area contributed by atoms with Gasteiger partial charge in [0.1, 0.15) is 0 Å². The molecule has 0 saturated carbocycles. The van der Waals surface area contributed by atoms with Crippen molar-refractivity contribution in [2.45, 2.75) is 12.7 Å². The number of carbonyl (C=O) groups is 1. The Hall–Kier alpha value is -2.41. The molecule has 1 aromatic carbocycles. The Morgan fingerprint density at radius 3 is 2.40 bits per heavy atom. The van der Waals surface area contributed by atoms with Crippen molar-refractivity contribution in [1.82, 2.24) is 14.8 Å². The quantitative estimate of drug-likeness (QED) is 0.855. The van der Waals surface area contributed by atoms with Crippen molar-refractivity contribution in [3.05, 3.63) is 65.5 Å². The summed E-state index contributed by atoms with van der Waals surface area (Å²) in [6, 6.07) is 9.05. The molecule has 0 N–H and O–H groups in total. The van der Waals surface area contributed by atoms with Gasteiger partial charge in [0, 0.05) is 45.1 Å². The second kappa shape index (κ2) is 7.23. The van der Waals surface area contributed by atoms with E-state index in [1.54, 1.807) is 29.3 Å². The van der Waals surface area contributed by atoms with Crippen molar-refractivity contribution >= 4 is 5.91 Å². The van der Waals surface area contributed by atoms with Gasteiger partial charge in [0.05, 0.1) is 11.1 Å². The third-order valence-corrected chi connectivity index (χ3v) is 4.28. The summed E-state index contributed by atoms with van der Waals surface area (Å²) >= 11 is 0. The second-order valence-electron chi connectivity index (χ2n) is 5.96. The molecular weight excluding hydrogens is 331 g/mol. The molecular formula is C18H18F3N3O. The minimum atomic E-state index is -4.35. The molecule has 1 aliphatic rings. The van der Waals surface area contributed by atoms with Crippen molar-refractivity contribution in [3.63, 3.8) is 0 Å². The Balaban J connectivity index is 1.61. The van der Waals surface area contributed by atoms with Gasteiger partial charge in [0.2, 0.25) is 0 Å². The van der Waals surface area contributed by atoms with Gasteiger partial charge >= 0.3 is 6.18 Å². The first-order valence-electron chi connectivity index (χ1n) is 8.02. The lowest BCUT2D eigenvalue weighted by Crippen LogP contribution is -2.48. The molecule has 132 valence electrons. The largest absolute Gasteiger partial charge is 0.416 e. The number of piperazine rings is 1. The van der Waals surface area contributed by atoms with Gasteiger partial charge in [-0.25, -0.2) is 0 Å². The molecule has 0 atom stereocenters. The highest BCUT2D eigenvalue weighted by Crippen LogP contribution is 2.32. The molecule has 2 heterocycles. The molecule has 0 unspecified atom stereocenters. The van der Waals surface area contributed by atoms with Crippen LogP contribution >= 0.6 is 0 Å². The zero-order valence-electron chi connectivity index (χ0n) is 13.5. The molecule has 25 heavy (non-hydrogen) atoms. The van der Waals surface area contributed by atoms with Crippen molar-refractivity contribution in [2.75, 3.05) is 26.2 Å². The van der Waals surface area contributed by atoms with Gasteiger partial charge in [0.15, 0.2) is 0 Å². The Kier molecular flexibility index (Phi) is 5.03. The van der Waals surface area contributed by atoms with Crippen molar-refractivity contribution < 1.29 is 18.0 Å². The SMILES string of the molecule is O=C(c1cccnc1)N1CCN(Cc2ccccc2C(F)(F)F)CC1. The first-order valence-corrected chi connectivity index (χ1v) is 8.02. The molecule has 0 bridgehead atoms. The highest BCUT2D eigenvalue weighted by atomic mass is 19.4. The molecule has 1 aliphatic heterocycles. The van der Waals surface area contributed by atoms with Gasteiger partial charge in [-0.15, -0.1) is 0 Å². The average molecular weight is 349 g/mol. The number of carbonyl (C=O) groups excluding carboxylic acids is 1. The van der Waals surface area contributed by atoms with E-state index >= 15 is 0 Å². The predicted octanol–water partition coefficient (Wildman–Crippen LogP) is 3.06. The van der Waals surface area contributed by atoms with Crippen LogP contribution in [0.15, 0.2) is 48.8 Å². The van der Waals surface area contributed by atoms with E-state index in [1.807, 2.05) is 4.90 Å². The Labute approximate surface area is 143 Å². The Morgan fingerprint density at radius 2 is 1.76 bits per heavy atom. The standard InChI is InChI=1S/C18H18F3N3O/c19-18(20,21)16-6-2-1-4-15(16)13-23-8-10-24(11-9-23)17(25)14-5-3-7-22-12-14/h1-7,12H,8-11,13H2. The topological polar surface area (TPSA) is 36.4 Å². The third kappa shape index (κ3) is 4.17. The molecule has 2 aromatic rings. The summed E-state index contributed by atoms with van der Waals surface area (Å²) in [6.07, 6.45) is -1.23. The molecule has 1 aromatic heterocycles. The van der Waals surface area contributed by atoms with Crippen molar-refractivity contribution in [2.24, 2.45) is 0 Å². The fourth-order valence-corrected chi connectivity index (χ4v) is 2.96. The molecule has 3 rings (SSSR count). The Morgan fingerprint density at radius 1 is 1.04 bits per heavy atom. The van der Waals surface area contributed by atoms with E-state index in [-0.39, 0.29) is 18.0 Å². The Bertz CT molecular complexity index is 726. The summed E-state index contributed by atoms with van der Waals surface area (Å²) < 4.78 is 39.2. The minimum Gasteiger partial charge on any atom is -0.336 e. The van der Waals surface area contributed by atoms with Crippen LogP contribution in [0.25, 0.3) is 0 Å². The number of benzene rings is 1. The fraction of sp³-hybridized carbons (Fsp3) is 0.333. The lowest BCUT2D eigenvalue weighted by Gasteiger charge is -2.35. The van der Waals surface area contributed by atoms with Crippen LogP contribution in [-0.2, 0) is 12.7 Å². The van der Waals surface area contributed by atoms with Crippen molar-refractivity contribution in [3.8, 4) is 0 Å². The van der Waals surface area contributed by atoms with Crippen LogP contribution in [0.1, 0.15) is 21.5 Å². The second-order valence-corrected chi connectivity index (χ2v) is 5.96. The zero-order chi connectivity index (χ0) is 17.9. The average Bonchev–Trinajstić information content (AvgIpc) is 2.62. The summed E-state index contributed by atoms with van der Waals surface area (Å²) in [4.78, 5) is 20.0. The molecule has 1 amide bonds. The molecule has 1 saturated heterocycles. The van der Waals surface area contributed by atoms with Crippen LogP contribution in [0.3, 0.4) is 0 Å². The minimum absolute atomic E-state index is 0.0940. The van der Waals surface area contributed by atoms with Crippen molar-refractivity contribution in [1.29, 1.82) is 0 Å². The number of pyridine rings is 1. The number of amides is 1. The number of halogens is 3. The first-order chi connectivity index (χ1) is 11.9. The molecule has 1 fully saturated rings. The van der Waals surface area contributed by atoms with Gasteiger partial charge in [-0.2, -0.15) is 13.2 Å². The molecule has 7 heteroatoms. The van der Waals surface area contributed by atoms with Gasteiger partial charge < -0.3 is 4.90 Å². The smallest absolute Gasteiger partial charge is 0.336 e. The van der Waals surface area contributed by atoms with E-state index < -0.39 is 11.7 Å². The van der Waals surface area contributed by atoms with Crippen LogP contribution < -0.4 is 0 Å². The molecule has 0 aliphatic carbocycles. The summed E-state index contributed by atoms with van der Waals surface area (Å²) in [7, 11) is 0. The summed E-state index contributed by atoms with van der Waals surface area (Å²) in [5.74, 6) is -0.0940. The van der Waals surface area contributed by atoms with E-state index in [0.29, 0.717) is 31.7 Å². The number of alkyl halides is 3. The fourth-order valence-electron chi connectivity index (χ4n) is 2.96. The van der Waals surface area contributed by atoms with Crippen LogP contribution in [0, 0.1) is 0 Å². The lowest BCUT2D eigenvalue weighted by atomic mass is 10.1. The third-order valence-electron chi connectivity index (χ3n) is 4.28. The van der Waals surface area contributed by atoms with E-state index in [2.05, 4.69) is 4.98 Å².